The Hall–Kier alpha value is -3.20. The van der Waals surface area contributed by atoms with Crippen LogP contribution in [0.15, 0.2) is 104 Å². The van der Waals surface area contributed by atoms with Crippen molar-refractivity contribution in [3.05, 3.63) is 109 Å². The summed E-state index contributed by atoms with van der Waals surface area (Å²) in [7, 11) is -2.71. The molecule has 4 nitrogen and oxygen atoms in total. The molecule has 0 heterocycles. The van der Waals surface area contributed by atoms with Crippen LogP contribution in [0, 0.1) is 0 Å². The molecule has 3 rings (SSSR count). The van der Waals surface area contributed by atoms with E-state index < -0.39 is 32.1 Å². The zero-order valence-corrected chi connectivity index (χ0v) is 25.9. The third-order valence-corrected chi connectivity index (χ3v) is 12.5. The molecule has 0 fully saturated rings. The lowest BCUT2D eigenvalue weighted by Gasteiger charge is -2.43. The molecule has 0 aliphatic carbocycles. The van der Waals surface area contributed by atoms with Gasteiger partial charge in [-0.2, -0.15) is 13.2 Å². The number of nitrogens with one attached hydrogen (secondary N) is 1. The van der Waals surface area contributed by atoms with Gasteiger partial charge >= 0.3 is 12.1 Å². The highest BCUT2D eigenvalue weighted by molar-refractivity contribution is 6.99. The van der Waals surface area contributed by atoms with Crippen LogP contribution in [0.3, 0.4) is 0 Å². The second kappa shape index (κ2) is 14.3. The number of alkyl halides is 3. The average molecular weight is 598 g/mol. The Bertz CT molecular complexity index is 1220. The van der Waals surface area contributed by atoms with Gasteiger partial charge in [0.1, 0.15) is 6.10 Å². The first kappa shape index (κ1) is 33.3. The lowest BCUT2D eigenvalue weighted by atomic mass is 9.95. The highest BCUT2D eigenvalue weighted by atomic mass is 28.4. The van der Waals surface area contributed by atoms with E-state index in [-0.39, 0.29) is 11.6 Å². The maximum atomic E-state index is 12.9. The molecule has 3 aromatic rings. The van der Waals surface area contributed by atoms with E-state index in [0.717, 1.165) is 0 Å². The van der Waals surface area contributed by atoms with E-state index in [1.807, 2.05) is 54.7 Å². The number of carbonyl (C=O) groups excluding carboxylic acids is 1. The van der Waals surface area contributed by atoms with Gasteiger partial charge in [0.05, 0.1) is 5.60 Å². The van der Waals surface area contributed by atoms with Crippen LogP contribution >= 0.6 is 0 Å². The number of halogens is 3. The standard InChI is InChI=1S/C34H42F3NO3Si/c1-6-23-33(5,41-30(27-17-10-7-11-18-27)26-38-31(39)34(35,36)37)24-16-25-40-42(32(2,3)4,28-19-12-8-13-20-28)29-21-14-9-15-22-29/h6-15,17-22,30H,1,16,23-26H2,2-5H3,(H,38,39)/t30-,33+/m1/s1. The SMILES string of the molecule is C=CC[C@@](C)(CCCO[Si](c1ccccc1)(c1ccccc1)C(C)(C)C)O[C@H](CNC(=O)C(F)(F)F)c1ccccc1. The first-order valence-electron chi connectivity index (χ1n) is 14.3. The number of hydrogen-bond acceptors (Lipinski definition) is 3. The summed E-state index contributed by atoms with van der Waals surface area (Å²) in [5, 5.41) is 4.22. The van der Waals surface area contributed by atoms with Crippen molar-refractivity contribution in [3.63, 3.8) is 0 Å². The fourth-order valence-electron chi connectivity index (χ4n) is 5.47. The van der Waals surface area contributed by atoms with E-state index in [4.69, 9.17) is 9.16 Å². The van der Waals surface area contributed by atoms with Crippen LogP contribution in [0.2, 0.25) is 5.04 Å². The van der Waals surface area contributed by atoms with Crippen LogP contribution in [0.5, 0.6) is 0 Å². The zero-order valence-electron chi connectivity index (χ0n) is 24.9. The Balaban J connectivity index is 1.82. The normalized spacial score (nSPS) is 14.5. The van der Waals surface area contributed by atoms with Gasteiger partial charge in [-0.3, -0.25) is 4.79 Å². The van der Waals surface area contributed by atoms with Crippen molar-refractivity contribution in [2.45, 2.75) is 69.9 Å². The largest absolute Gasteiger partial charge is 0.471 e. The smallest absolute Gasteiger partial charge is 0.407 e. The fraction of sp³-hybridized carbons (Fsp3) is 0.382. The molecule has 3 aromatic carbocycles. The Morgan fingerprint density at radius 1 is 0.881 bits per heavy atom. The van der Waals surface area contributed by atoms with Gasteiger partial charge in [0.25, 0.3) is 8.32 Å². The van der Waals surface area contributed by atoms with Gasteiger partial charge < -0.3 is 14.5 Å². The third-order valence-electron chi connectivity index (χ3n) is 7.47. The summed E-state index contributed by atoms with van der Waals surface area (Å²) in [6.45, 7) is 12.7. The van der Waals surface area contributed by atoms with E-state index in [1.54, 1.807) is 30.3 Å². The molecule has 0 saturated heterocycles. The highest BCUT2D eigenvalue weighted by Crippen LogP contribution is 2.37. The molecule has 0 bridgehead atoms. The minimum atomic E-state index is -4.97. The lowest BCUT2D eigenvalue weighted by molar-refractivity contribution is -0.175. The van der Waals surface area contributed by atoms with Crippen LogP contribution < -0.4 is 15.7 Å². The summed E-state index contributed by atoms with van der Waals surface area (Å²) >= 11 is 0. The summed E-state index contributed by atoms with van der Waals surface area (Å²) in [6.07, 6.45) is -2.29. The van der Waals surface area contributed by atoms with Crippen molar-refractivity contribution in [1.29, 1.82) is 0 Å². The van der Waals surface area contributed by atoms with Gasteiger partial charge in [0.2, 0.25) is 0 Å². The van der Waals surface area contributed by atoms with Crippen molar-refractivity contribution in [1.82, 2.24) is 5.32 Å². The molecule has 42 heavy (non-hydrogen) atoms. The zero-order chi connectivity index (χ0) is 30.9. The second-order valence-corrected chi connectivity index (χ2v) is 16.1. The van der Waals surface area contributed by atoms with Crippen LogP contribution in [0.25, 0.3) is 0 Å². The summed E-state index contributed by atoms with van der Waals surface area (Å²) in [4.78, 5) is 11.6. The van der Waals surface area contributed by atoms with Crippen LogP contribution in [0.4, 0.5) is 13.2 Å². The van der Waals surface area contributed by atoms with E-state index >= 15 is 0 Å². The molecule has 8 heteroatoms. The number of benzene rings is 3. The van der Waals surface area contributed by atoms with Crippen LogP contribution in [-0.4, -0.2) is 39.2 Å². The van der Waals surface area contributed by atoms with E-state index in [9.17, 15) is 18.0 Å². The fourth-order valence-corrected chi connectivity index (χ4v) is 10.1. The van der Waals surface area contributed by atoms with Gasteiger partial charge in [0, 0.05) is 13.2 Å². The Kier molecular flexibility index (Phi) is 11.3. The maximum absolute atomic E-state index is 12.9. The summed E-state index contributed by atoms with van der Waals surface area (Å²) < 4.78 is 52.3. The van der Waals surface area contributed by atoms with Crippen molar-refractivity contribution in [2.24, 2.45) is 0 Å². The molecule has 0 radical (unpaired) electrons. The number of rotatable bonds is 14. The van der Waals surface area contributed by atoms with E-state index in [1.165, 1.54) is 10.4 Å². The minimum Gasteiger partial charge on any atom is -0.407 e. The van der Waals surface area contributed by atoms with Gasteiger partial charge in [-0.1, -0.05) is 118 Å². The van der Waals surface area contributed by atoms with Crippen LogP contribution in [-0.2, 0) is 14.0 Å². The van der Waals surface area contributed by atoms with E-state index in [0.29, 0.717) is 31.4 Å². The molecule has 0 aliphatic rings. The van der Waals surface area contributed by atoms with Crippen molar-refractivity contribution >= 4 is 24.6 Å². The Labute approximate surface area is 249 Å². The van der Waals surface area contributed by atoms with Crippen molar-refractivity contribution in [3.8, 4) is 0 Å². The number of hydrogen-bond donors (Lipinski definition) is 1. The monoisotopic (exact) mass is 597 g/mol. The summed E-state index contributed by atoms with van der Waals surface area (Å²) in [5.41, 5.74) is -0.0705. The summed E-state index contributed by atoms with van der Waals surface area (Å²) in [5.74, 6) is -1.99. The molecular weight excluding hydrogens is 555 g/mol. The molecule has 0 unspecified atom stereocenters. The molecule has 2 atom stereocenters. The molecule has 0 saturated carbocycles. The number of amides is 1. The Morgan fingerprint density at radius 2 is 1.38 bits per heavy atom. The predicted octanol–water partition coefficient (Wildman–Crippen LogP) is 7.11. The maximum Gasteiger partial charge on any atom is 0.471 e. The molecule has 1 N–H and O–H groups in total. The van der Waals surface area contributed by atoms with Gasteiger partial charge in [-0.05, 0) is 47.2 Å². The van der Waals surface area contributed by atoms with Gasteiger partial charge in [-0.25, -0.2) is 0 Å². The number of carbonyl (C=O) groups is 1. The quantitative estimate of drug-likeness (QED) is 0.122. The molecule has 0 spiro atoms. The Morgan fingerprint density at radius 3 is 1.83 bits per heavy atom. The minimum absolute atomic E-state index is 0.161. The molecule has 226 valence electrons. The summed E-state index contributed by atoms with van der Waals surface area (Å²) in [6, 6.07) is 29.8. The third kappa shape index (κ3) is 8.43. The van der Waals surface area contributed by atoms with Gasteiger partial charge in [-0.15, -0.1) is 6.58 Å². The highest BCUT2D eigenvalue weighted by Gasteiger charge is 2.50. The topological polar surface area (TPSA) is 47.6 Å². The predicted molar refractivity (Wildman–Crippen MR) is 165 cm³/mol. The average Bonchev–Trinajstić information content (AvgIpc) is 2.95. The van der Waals surface area contributed by atoms with E-state index in [2.05, 4.69) is 51.6 Å². The first-order valence-corrected chi connectivity index (χ1v) is 16.2. The van der Waals surface area contributed by atoms with Gasteiger partial charge in [0.15, 0.2) is 0 Å². The second-order valence-electron chi connectivity index (χ2n) is 11.8. The molecular formula is C34H42F3NO3Si. The molecule has 0 aromatic heterocycles. The molecule has 0 aliphatic heterocycles. The lowest BCUT2D eigenvalue weighted by Crippen LogP contribution is -2.66. The molecule has 1 amide bonds. The first-order chi connectivity index (χ1) is 19.8. The van der Waals surface area contributed by atoms with Crippen LogP contribution in [0.1, 0.15) is 58.6 Å². The number of ether oxygens (including phenoxy) is 1. The van der Waals surface area contributed by atoms with Crippen molar-refractivity contribution < 1.29 is 27.1 Å². The van der Waals surface area contributed by atoms with Crippen molar-refractivity contribution in [2.75, 3.05) is 13.2 Å².